The lowest BCUT2D eigenvalue weighted by atomic mass is 9.80. The molecular weight excluding hydrogens is 270 g/mol. The Morgan fingerprint density at radius 3 is 2.57 bits per heavy atom. The zero-order valence-electron chi connectivity index (χ0n) is 12.7. The lowest BCUT2D eigenvalue weighted by molar-refractivity contribution is -0.384. The van der Waals surface area contributed by atoms with Crippen molar-refractivity contribution in [3.8, 4) is 5.75 Å². The Kier molecular flexibility index (Phi) is 4.60. The predicted molar refractivity (Wildman–Crippen MR) is 79.7 cm³/mol. The van der Waals surface area contributed by atoms with Gasteiger partial charge in [-0.2, -0.15) is 0 Å². The van der Waals surface area contributed by atoms with Gasteiger partial charge in [-0.15, -0.1) is 0 Å². The molecule has 1 aliphatic carbocycles. The zero-order chi connectivity index (χ0) is 15.6. The lowest BCUT2D eigenvalue weighted by Gasteiger charge is -2.32. The smallest absolute Gasteiger partial charge is 0.270 e. The number of nitro groups is 1. The fourth-order valence-corrected chi connectivity index (χ4v) is 2.79. The molecule has 0 spiro atoms. The number of benzene rings is 1. The number of hydrogen-bond acceptors (Lipinski definition) is 4. The maximum atomic E-state index is 11.7. The van der Waals surface area contributed by atoms with Crippen molar-refractivity contribution < 1.29 is 14.5 Å². The van der Waals surface area contributed by atoms with Crippen molar-refractivity contribution in [1.29, 1.82) is 0 Å². The van der Waals surface area contributed by atoms with Crippen LogP contribution in [0.25, 0.3) is 0 Å². The van der Waals surface area contributed by atoms with E-state index in [0.717, 1.165) is 19.3 Å². The molecule has 0 saturated heterocycles. The summed E-state index contributed by atoms with van der Waals surface area (Å²) in [4.78, 5) is 22.0. The molecule has 0 N–H and O–H groups in total. The standard InChI is InChI=1S/C16H21NO4/c1-10-4-6-14(8-11(10)2)21-16-7-5-13(17(19)20)9-15(16)12(3)18/h5,7,9-11,14H,4,6,8H2,1-3H3. The van der Waals surface area contributed by atoms with Crippen molar-refractivity contribution in [2.75, 3.05) is 0 Å². The van der Waals surface area contributed by atoms with Crippen molar-refractivity contribution in [1.82, 2.24) is 0 Å². The second-order valence-corrected chi connectivity index (χ2v) is 6.00. The monoisotopic (exact) mass is 291 g/mol. The molecule has 1 aromatic rings. The molecule has 0 radical (unpaired) electrons. The van der Waals surface area contributed by atoms with E-state index < -0.39 is 4.92 Å². The third kappa shape index (κ3) is 3.60. The second-order valence-electron chi connectivity index (χ2n) is 6.00. The van der Waals surface area contributed by atoms with Gasteiger partial charge in [0.1, 0.15) is 5.75 Å². The molecule has 0 bridgehead atoms. The highest BCUT2D eigenvalue weighted by Gasteiger charge is 2.27. The van der Waals surface area contributed by atoms with E-state index in [4.69, 9.17) is 4.74 Å². The van der Waals surface area contributed by atoms with Crippen molar-refractivity contribution in [3.05, 3.63) is 33.9 Å². The number of nitro benzene ring substituents is 1. The molecule has 2 rings (SSSR count). The molecule has 0 aliphatic heterocycles. The highest BCUT2D eigenvalue weighted by Crippen LogP contribution is 2.33. The Hall–Kier alpha value is -1.91. The summed E-state index contributed by atoms with van der Waals surface area (Å²) in [5.74, 6) is 1.52. The molecule has 21 heavy (non-hydrogen) atoms. The van der Waals surface area contributed by atoms with Crippen LogP contribution >= 0.6 is 0 Å². The molecule has 114 valence electrons. The van der Waals surface area contributed by atoms with E-state index in [2.05, 4.69) is 13.8 Å². The van der Waals surface area contributed by atoms with Crippen LogP contribution in [-0.2, 0) is 0 Å². The number of carbonyl (C=O) groups excluding carboxylic acids is 1. The number of ether oxygens (including phenoxy) is 1. The van der Waals surface area contributed by atoms with E-state index >= 15 is 0 Å². The third-order valence-electron chi connectivity index (χ3n) is 4.40. The summed E-state index contributed by atoms with van der Waals surface area (Å²) in [6.45, 7) is 5.85. The number of Topliss-reactive ketones (excluding diaryl/α,β-unsaturated/α-hetero) is 1. The quantitative estimate of drug-likeness (QED) is 0.477. The van der Waals surface area contributed by atoms with E-state index in [9.17, 15) is 14.9 Å². The van der Waals surface area contributed by atoms with Gasteiger partial charge in [0.25, 0.3) is 5.69 Å². The van der Waals surface area contributed by atoms with E-state index in [1.807, 2.05) is 0 Å². The topological polar surface area (TPSA) is 69.4 Å². The highest BCUT2D eigenvalue weighted by atomic mass is 16.6. The van der Waals surface area contributed by atoms with Crippen LogP contribution < -0.4 is 4.74 Å². The first kappa shape index (κ1) is 15.5. The van der Waals surface area contributed by atoms with Crippen LogP contribution in [0.3, 0.4) is 0 Å². The van der Waals surface area contributed by atoms with Crippen LogP contribution in [0.4, 0.5) is 5.69 Å². The van der Waals surface area contributed by atoms with E-state index in [0.29, 0.717) is 17.6 Å². The Bertz CT molecular complexity index is 555. The molecule has 0 heterocycles. The van der Waals surface area contributed by atoms with Gasteiger partial charge in [0, 0.05) is 12.1 Å². The molecule has 1 saturated carbocycles. The molecule has 1 aromatic carbocycles. The van der Waals surface area contributed by atoms with Gasteiger partial charge in [0.2, 0.25) is 0 Å². The molecule has 1 fully saturated rings. The molecule has 1 aliphatic rings. The number of ketones is 1. The Morgan fingerprint density at radius 1 is 1.29 bits per heavy atom. The summed E-state index contributed by atoms with van der Waals surface area (Å²) in [5, 5.41) is 10.8. The maximum Gasteiger partial charge on any atom is 0.270 e. The van der Waals surface area contributed by atoms with Crippen LogP contribution in [-0.4, -0.2) is 16.8 Å². The number of nitrogens with zero attached hydrogens (tertiary/aromatic N) is 1. The molecule has 5 heteroatoms. The summed E-state index contributed by atoms with van der Waals surface area (Å²) >= 11 is 0. The van der Waals surface area contributed by atoms with E-state index in [1.54, 1.807) is 0 Å². The van der Waals surface area contributed by atoms with Gasteiger partial charge in [0.05, 0.1) is 16.6 Å². The van der Waals surface area contributed by atoms with Gasteiger partial charge in [-0.05, 0) is 44.1 Å². The van der Waals surface area contributed by atoms with Crippen molar-refractivity contribution in [3.63, 3.8) is 0 Å². The van der Waals surface area contributed by atoms with Crippen molar-refractivity contribution >= 4 is 11.5 Å². The Labute approximate surface area is 124 Å². The van der Waals surface area contributed by atoms with Gasteiger partial charge >= 0.3 is 0 Å². The number of hydrogen-bond donors (Lipinski definition) is 0. The molecule has 3 unspecified atom stereocenters. The van der Waals surface area contributed by atoms with Crippen LogP contribution in [0.1, 0.15) is 50.4 Å². The SMILES string of the molecule is CC(=O)c1cc([N+](=O)[O-])ccc1OC1CCC(C)C(C)C1. The number of non-ortho nitro benzene ring substituents is 1. The summed E-state index contributed by atoms with van der Waals surface area (Å²) in [5.41, 5.74) is 0.202. The normalized spacial score (nSPS) is 25.4. The minimum absolute atomic E-state index is 0.0794. The largest absolute Gasteiger partial charge is 0.490 e. The third-order valence-corrected chi connectivity index (χ3v) is 4.40. The average Bonchev–Trinajstić information content (AvgIpc) is 2.43. The van der Waals surface area contributed by atoms with E-state index in [-0.39, 0.29) is 23.1 Å². The van der Waals surface area contributed by atoms with Gasteiger partial charge in [-0.1, -0.05) is 13.8 Å². The molecule has 5 nitrogen and oxygen atoms in total. The van der Waals surface area contributed by atoms with E-state index in [1.165, 1.54) is 25.1 Å². The summed E-state index contributed by atoms with van der Waals surface area (Å²) in [6.07, 6.45) is 3.10. The first-order chi connectivity index (χ1) is 9.88. The fraction of sp³-hybridized carbons (Fsp3) is 0.562. The number of rotatable bonds is 4. The van der Waals surface area contributed by atoms with Crippen molar-refractivity contribution in [2.24, 2.45) is 11.8 Å². The fourth-order valence-electron chi connectivity index (χ4n) is 2.79. The van der Waals surface area contributed by atoms with Gasteiger partial charge in [-0.25, -0.2) is 0 Å². The summed E-state index contributed by atoms with van der Waals surface area (Å²) in [7, 11) is 0. The molecule has 3 atom stereocenters. The first-order valence-electron chi connectivity index (χ1n) is 7.34. The van der Waals surface area contributed by atoms with Gasteiger partial charge < -0.3 is 4.74 Å². The molecule has 0 aromatic heterocycles. The van der Waals surface area contributed by atoms with Crippen LogP contribution in [0.2, 0.25) is 0 Å². The zero-order valence-corrected chi connectivity index (χ0v) is 12.7. The second kappa shape index (κ2) is 6.24. The molecular formula is C16H21NO4. The lowest BCUT2D eigenvalue weighted by Crippen LogP contribution is -2.29. The van der Waals surface area contributed by atoms with Gasteiger partial charge in [-0.3, -0.25) is 14.9 Å². The summed E-state index contributed by atoms with van der Waals surface area (Å²) in [6, 6.07) is 4.22. The Balaban J connectivity index is 2.19. The van der Waals surface area contributed by atoms with Crippen LogP contribution in [0.5, 0.6) is 5.75 Å². The highest BCUT2D eigenvalue weighted by molar-refractivity contribution is 5.97. The van der Waals surface area contributed by atoms with Crippen molar-refractivity contribution in [2.45, 2.75) is 46.1 Å². The van der Waals surface area contributed by atoms with Gasteiger partial charge in [0.15, 0.2) is 5.78 Å². The minimum atomic E-state index is -0.499. The average molecular weight is 291 g/mol. The minimum Gasteiger partial charge on any atom is -0.490 e. The Morgan fingerprint density at radius 2 is 2.00 bits per heavy atom. The molecule has 0 amide bonds. The number of carbonyl (C=O) groups is 1. The first-order valence-corrected chi connectivity index (χ1v) is 7.34. The van der Waals surface area contributed by atoms with Crippen LogP contribution in [0.15, 0.2) is 18.2 Å². The predicted octanol–water partition coefficient (Wildman–Crippen LogP) is 4.00. The maximum absolute atomic E-state index is 11.7. The van der Waals surface area contributed by atoms with Crippen LogP contribution in [0, 0.1) is 22.0 Å². The summed E-state index contributed by atoms with van der Waals surface area (Å²) < 4.78 is 5.96.